The number of carbonyl (C=O) groups is 1. The van der Waals surface area contributed by atoms with Gasteiger partial charge in [0.15, 0.2) is 11.5 Å². The van der Waals surface area contributed by atoms with Gasteiger partial charge in [-0.3, -0.25) is 4.79 Å². The first-order valence-corrected chi connectivity index (χ1v) is 5.54. The largest absolute Gasteiger partial charge is 0.504 e. The van der Waals surface area contributed by atoms with E-state index in [1.165, 1.54) is 6.07 Å². The summed E-state index contributed by atoms with van der Waals surface area (Å²) in [5, 5.41) is 9.92. The number of phenols is 1. The van der Waals surface area contributed by atoms with Gasteiger partial charge in [0.25, 0.3) is 0 Å². The number of phenolic OH excluding ortho intramolecular Hbond substituents is 1. The van der Waals surface area contributed by atoms with Crippen molar-refractivity contribution in [1.82, 2.24) is 0 Å². The first kappa shape index (κ1) is 13.3. The Labute approximate surface area is 101 Å². The Kier molecular flexibility index (Phi) is 5.23. The monoisotopic (exact) mass is 235 g/mol. The number of rotatable bonds is 6. The molecule has 1 aromatic carbocycles. The van der Waals surface area contributed by atoms with Crippen molar-refractivity contribution in [1.29, 1.82) is 0 Å². The Balaban J connectivity index is 3.09. The summed E-state index contributed by atoms with van der Waals surface area (Å²) in [6.45, 7) is 2.79. The van der Waals surface area contributed by atoms with Gasteiger partial charge in [-0.15, -0.1) is 0 Å². The lowest BCUT2D eigenvalue weighted by atomic mass is 10.1. The molecule has 17 heavy (non-hydrogen) atoms. The van der Waals surface area contributed by atoms with Crippen molar-refractivity contribution in [2.45, 2.75) is 13.3 Å². The highest BCUT2D eigenvalue weighted by Crippen LogP contribution is 2.32. The number of benzene rings is 1. The first-order valence-electron chi connectivity index (χ1n) is 5.54. The van der Waals surface area contributed by atoms with Gasteiger partial charge in [0.2, 0.25) is 0 Å². The zero-order chi connectivity index (χ0) is 12.7. The van der Waals surface area contributed by atoms with Gasteiger partial charge in [-0.25, -0.2) is 0 Å². The molecule has 3 N–H and O–H groups in total. The molecule has 4 nitrogen and oxygen atoms in total. The smallest absolute Gasteiger partial charge is 0.165 e. The molecule has 0 aliphatic rings. The van der Waals surface area contributed by atoms with E-state index < -0.39 is 0 Å². The molecule has 0 heterocycles. The van der Waals surface area contributed by atoms with Crippen molar-refractivity contribution in [3.05, 3.63) is 29.3 Å². The number of hydrogen-bond acceptors (Lipinski definition) is 4. The summed E-state index contributed by atoms with van der Waals surface area (Å²) in [6.07, 6.45) is 5.02. The van der Waals surface area contributed by atoms with Crippen LogP contribution in [0.1, 0.15) is 29.3 Å². The molecule has 0 atom stereocenters. The number of aromatic hydroxyl groups is 1. The molecule has 0 radical (unpaired) electrons. The van der Waals surface area contributed by atoms with Crippen LogP contribution in [0.3, 0.4) is 0 Å². The van der Waals surface area contributed by atoms with Gasteiger partial charge in [0, 0.05) is 11.1 Å². The molecule has 92 valence electrons. The van der Waals surface area contributed by atoms with Crippen LogP contribution in [0.15, 0.2) is 18.2 Å². The summed E-state index contributed by atoms with van der Waals surface area (Å²) < 4.78 is 5.26. The van der Waals surface area contributed by atoms with Crippen molar-refractivity contribution in [3.8, 4) is 11.5 Å². The molecule has 4 heteroatoms. The molecule has 0 spiro atoms. The van der Waals surface area contributed by atoms with Crippen molar-refractivity contribution in [3.63, 3.8) is 0 Å². The fourth-order valence-corrected chi connectivity index (χ4v) is 1.42. The van der Waals surface area contributed by atoms with Gasteiger partial charge in [0.05, 0.1) is 6.61 Å². The van der Waals surface area contributed by atoms with Crippen LogP contribution in [0.5, 0.6) is 11.5 Å². The van der Waals surface area contributed by atoms with Crippen LogP contribution >= 0.6 is 0 Å². The average Bonchev–Trinajstić information content (AvgIpc) is 2.34. The van der Waals surface area contributed by atoms with Crippen molar-refractivity contribution in [2.24, 2.45) is 5.73 Å². The SMILES string of the molecule is CCOc1cc(C=O)cc(C=CCCN)c1O. The minimum absolute atomic E-state index is 0.0470. The van der Waals surface area contributed by atoms with Crippen LogP contribution in [-0.4, -0.2) is 24.5 Å². The average molecular weight is 235 g/mol. The third kappa shape index (κ3) is 3.60. The molecular formula is C13H17NO3. The molecule has 1 rings (SSSR count). The third-order valence-electron chi connectivity index (χ3n) is 2.19. The maximum absolute atomic E-state index is 10.8. The molecule has 1 aromatic rings. The molecule has 0 aromatic heterocycles. The lowest BCUT2D eigenvalue weighted by Gasteiger charge is -2.09. The van der Waals surface area contributed by atoms with E-state index in [-0.39, 0.29) is 5.75 Å². The van der Waals surface area contributed by atoms with E-state index in [9.17, 15) is 9.90 Å². The van der Waals surface area contributed by atoms with E-state index in [2.05, 4.69) is 0 Å². The number of carbonyl (C=O) groups excluding carboxylic acids is 1. The van der Waals surface area contributed by atoms with Gasteiger partial charge >= 0.3 is 0 Å². The summed E-state index contributed by atoms with van der Waals surface area (Å²) >= 11 is 0. The van der Waals surface area contributed by atoms with Crippen molar-refractivity contribution in [2.75, 3.05) is 13.2 Å². The minimum Gasteiger partial charge on any atom is -0.504 e. The summed E-state index contributed by atoms with van der Waals surface area (Å²) in [6, 6.07) is 3.13. The van der Waals surface area contributed by atoms with Crippen LogP contribution < -0.4 is 10.5 Å². The van der Waals surface area contributed by atoms with E-state index >= 15 is 0 Å². The van der Waals surface area contributed by atoms with E-state index in [0.717, 1.165) is 6.29 Å². The van der Waals surface area contributed by atoms with E-state index in [4.69, 9.17) is 10.5 Å². The number of aldehydes is 1. The molecule has 0 amide bonds. The topological polar surface area (TPSA) is 72.5 Å². The van der Waals surface area contributed by atoms with Crippen molar-refractivity contribution < 1.29 is 14.6 Å². The predicted molar refractivity (Wildman–Crippen MR) is 67.4 cm³/mol. The summed E-state index contributed by atoms with van der Waals surface area (Å²) in [7, 11) is 0. The molecule has 0 saturated carbocycles. The van der Waals surface area contributed by atoms with Gasteiger partial charge in [-0.2, -0.15) is 0 Å². The van der Waals surface area contributed by atoms with E-state index in [1.54, 1.807) is 12.1 Å². The molecule has 0 unspecified atom stereocenters. The van der Waals surface area contributed by atoms with Gasteiger partial charge in [-0.1, -0.05) is 12.2 Å². The molecule has 0 bridgehead atoms. The summed E-state index contributed by atoms with van der Waals surface area (Å²) in [5.74, 6) is 0.371. The summed E-state index contributed by atoms with van der Waals surface area (Å²) in [5.41, 5.74) is 6.40. The normalized spacial score (nSPS) is 10.7. The quantitative estimate of drug-likeness (QED) is 0.739. The Morgan fingerprint density at radius 2 is 2.24 bits per heavy atom. The Hall–Kier alpha value is -1.81. The van der Waals surface area contributed by atoms with Crippen LogP contribution in [-0.2, 0) is 0 Å². The van der Waals surface area contributed by atoms with Crippen LogP contribution in [0.4, 0.5) is 0 Å². The van der Waals surface area contributed by atoms with Crippen LogP contribution in [0, 0.1) is 0 Å². The third-order valence-corrected chi connectivity index (χ3v) is 2.19. The van der Waals surface area contributed by atoms with Crippen LogP contribution in [0.25, 0.3) is 6.08 Å². The second-order valence-electron chi connectivity index (χ2n) is 3.49. The molecule has 0 saturated heterocycles. The van der Waals surface area contributed by atoms with Crippen LogP contribution in [0.2, 0.25) is 0 Å². The highest BCUT2D eigenvalue weighted by molar-refractivity contribution is 5.79. The standard InChI is InChI=1S/C13H17NO3/c1-2-17-12-8-10(9-15)7-11(13(12)16)5-3-4-6-14/h3,5,7-9,16H,2,4,6,14H2,1H3. The van der Waals surface area contributed by atoms with E-state index in [0.29, 0.717) is 36.4 Å². The Morgan fingerprint density at radius 1 is 1.47 bits per heavy atom. The number of hydrogen-bond donors (Lipinski definition) is 2. The molecular weight excluding hydrogens is 218 g/mol. The predicted octanol–water partition coefficient (Wildman–Crippen LogP) is 1.97. The second-order valence-corrected chi connectivity index (χ2v) is 3.49. The fraction of sp³-hybridized carbons (Fsp3) is 0.308. The highest BCUT2D eigenvalue weighted by atomic mass is 16.5. The fourth-order valence-electron chi connectivity index (χ4n) is 1.42. The molecule has 0 aliphatic carbocycles. The molecule has 0 fully saturated rings. The van der Waals surface area contributed by atoms with Crippen molar-refractivity contribution >= 4 is 12.4 Å². The van der Waals surface area contributed by atoms with Gasteiger partial charge in [-0.05, 0) is 32.0 Å². The summed E-state index contributed by atoms with van der Waals surface area (Å²) in [4.78, 5) is 10.8. The minimum atomic E-state index is 0.0470. The number of nitrogens with two attached hydrogens (primary N) is 1. The lowest BCUT2D eigenvalue weighted by molar-refractivity contribution is 0.112. The zero-order valence-corrected chi connectivity index (χ0v) is 9.85. The highest BCUT2D eigenvalue weighted by Gasteiger charge is 2.08. The first-order chi connectivity index (χ1) is 8.22. The second kappa shape index (κ2) is 6.70. The van der Waals surface area contributed by atoms with E-state index in [1.807, 2.05) is 13.0 Å². The Morgan fingerprint density at radius 3 is 2.82 bits per heavy atom. The lowest BCUT2D eigenvalue weighted by Crippen LogP contribution is -1.96. The maximum Gasteiger partial charge on any atom is 0.165 e. The Bertz CT molecular complexity index is 413. The van der Waals surface area contributed by atoms with Gasteiger partial charge in [0.1, 0.15) is 6.29 Å². The molecule has 0 aliphatic heterocycles. The maximum atomic E-state index is 10.8. The zero-order valence-electron chi connectivity index (χ0n) is 9.85. The van der Waals surface area contributed by atoms with Gasteiger partial charge < -0.3 is 15.6 Å². The number of ether oxygens (including phenoxy) is 1.